The number of pyridine rings is 1. The zero-order chi connectivity index (χ0) is 36.2. The molecule has 4 heterocycles. The van der Waals surface area contributed by atoms with Crippen LogP contribution in [0.3, 0.4) is 0 Å². The molecule has 258 valence electrons. The van der Waals surface area contributed by atoms with E-state index in [0.29, 0.717) is 22.4 Å². The molecule has 1 N–H and O–H groups in total. The van der Waals surface area contributed by atoms with E-state index in [2.05, 4.69) is 20.5 Å². The maximum atomic E-state index is 13.8. The summed E-state index contributed by atoms with van der Waals surface area (Å²) in [6, 6.07) is 16.7. The number of halogens is 5. The fraction of sp³-hybridized carbons (Fsp3) is 0.250. The lowest BCUT2D eigenvalue weighted by Crippen LogP contribution is -2.18. The van der Waals surface area contributed by atoms with Crippen LogP contribution in [0.5, 0.6) is 0 Å². The number of aromatic nitrogens is 5. The van der Waals surface area contributed by atoms with Gasteiger partial charge in [-0.2, -0.15) is 37.1 Å². The number of hydrogen-bond acceptors (Lipinski definition) is 6. The Balaban J connectivity index is 1.53. The SMILES string of the molecule is CNC(=O)c1c(-c2ccc(-n3ccc(C(C)(F)F)n3)cc2)oc2nc(-n3ccc(C(F)(F)F)n3)c(-c3cccc(C(=O)CC(C)(C)C)c3)cc12. The first kappa shape index (κ1) is 34.2. The van der Waals surface area contributed by atoms with Crippen LogP contribution < -0.4 is 5.32 Å². The third-order valence-electron chi connectivity index (χ3n) is 7.83. The Kier molecular flexibility index (Phi) is 8.45. The number of Topliss-reactive ketones (excluding diaryl/α,β-unsaturated/α-hetero) is 1. The van der Waals surface area contributed by atoms with Gasteiger partial charge in [0, 0.05) is 49.5 Å². The lowest BCUT2D eigenvalue weighted by Gasteiger charge is -2.17. The maximum Gasteiger partial charge on any atom is 0.435 e. The van der Waals surface area contributed by atoms with E-state index >= 15 is 0 Å². The average Bonchev–Trinajstić information content (AvgIpc) is 3.82. The standard InChI is InChI=1S/C36H31F5N6O3/c1-34(2,3)19-26(48)22-8-6-7-21(17-22)24-18-25-29(32(49)42-5)30(50-33(25)43-31(24)47-16-14-28(45-47)36(39,40)41)20-9-11-23(12-10-20)46-15-13-27(44-46)35(4,37)38/h6-18H,19H2,1-5H3,(H,42,49). The second-order valence-corrected chi connectivity index (χ2v) is 13.1. The predicted octanol–water partition coefficient (Wildman–Crippen LogP) is 8.64. The minimum Gasteiger partial charge on any atom is -0.437 e. The van der Waals surface area contributed by atoms with Crippen LogP contribution >= 0.6 is 0 Å². The average molecular weight is 691 g/mol. The van der Waals surface area contributed by atoms with Gasteiger partial charge >= 0.3 is 6.18 Å². The molecule has 0 atom stereocenters. The Morgan fingerprint density at radius 1 is 0.820 bits per heavy atom. The molecule has 0 saturated carbocycles. The Morgan fingerprint density at radius 3 is 2.08 bits per heavy atom. The zero-order valence-electron chi connectivity index (χ0n) is 27.6. The van der Waals surface area contributed by atoms with Gasteiger partial charge < -0.3 is 9.73 Å². The molecular weight excluding hydrogens is 659 g/mol. The van der Waals surface area contributed by atoms with E-state index in [0.717, 1.165) is 23.9 Å². The van der Waals surface area contributed by atoms with Crippen LogP contribution in [0.1, 0.15) is 66.2 Å². The van der Waals surface area contributed by atoms with Gasteiger partial charge in [-0.25, -0.2) is 9.36 Å². The van der Waals surface area contributed by atoms with Crippen molar-refractivity contribution in [1.29, 1.82) is 0 Å². The first-order valence-corrected chi connectivity index (χ1v) is 15.4. The molecule has 0 aliphatic carbocycles. The first-order chi connectivity index (χ1) is 23.4. The molecule has 0 bridgehead atoms. The summed E-state index contributed by atoms with van der Waals surface area (Å²) >= 11 is 0. The Hall–Kier alpha value is -5.66. The number of rotatable bonds is 8. The number of alkyl halides is 5. The number of amides is 1. The van der Waals surface area contributed by atoms with Crippen molar-refractivity contribution in [2.45, 2.75) is 46.2 Å². The molecule has 0 aliphatic heterocycles. The molecule has 0 spiro atoms. The zero-order valence-corrected chi connectivity index (χ0v) is 27.6. The van der Waals surface area contributed by atoms with Crippen LogP contribution in [0, 0.1) is 5.41 Å². The van der Waals surface area contributed by atoms with E-state index in [1.165, 1.54) is 24.0 Å². The van der Waals surface area contributed by atoms with E-state index < -0.39 is 29.4 Å². The van der Waals surface area contributed by atoms with Crippen molar-refractivity contribution < 1.29 is 36.0 Å². The van der Waals surface area contributed by atoms with Gasteiger partial charge in [0.2, 0.25) is 5.71 Å². The quantitative estimate of drug-likeness (QED) is 0.127. The van der Waals surface area contributed by atoms with Gasteiger partial charge in [0.25, 0.3) is 11.8 Å². The van der Waals surface area contributed by atoms with Gasteiger partial charge in [-0.1, -0.05) is 39.0 Å². The fourth-order valence-corrected chi connectivity index (χ4v) is 5.46. The third kappa shape index (κ3) is 6.78. The van der Waals surface area contributed by atoms with E-state index in [1.54, 1.807) is 54.6 Å². The minimum atomic E-state index is -4.72. The number of fused-ring (bicyclic) bond motifs is 1. The van der Waals surface area contributed by atoms with Gasteiger partial charge in [0.15, 0.2) is 17.3 Å². The second kappa shape index (κ2) is 12.3. The number of furan rings is 1. The predicted molar refractivity (Wildman–Crippen MR) is 175 cm³/mol. The molecule has 0 radical (unpaired) electrons. The van der Waals surface area contributed by atoms with Gasteiger partial charge in [-0.05, 0) is 59.5 Å². The van der Waals surface area contributed by atoms with Crippen molar-refractivity contribution in [2.24, 2.45) is 5.41 Å². The van der Waals surface area contributed by atoms with Crippen molar-refractivity contribution in [2.75, 3.05) is 7.05 Å². The molecule has 1 amide bonds. The fourth-order valence-electron chi connectivity index (χ4n) is 5.46. The van der Waals surface area contributed by atoms with Crippen LogP contribution in [-0.4, -0.2) is 43.3 Å². The molecule has 4 aromatic heterocycles. The van der Waals surface area contributed by atoms with Gasteiger partial charge in [-0.3, -0.25) is 9.59 Å². The highest BCUT2D eigenvalue weighted by Gasteiger charge is 2.34. The number of nitrogens with one attached hydrogen (secondary N) is 1. The summed E-state index contributed by atoms with van der Waals surface area (Å²) in [5.41, 5.74) is 0.220. The van der Waals surface area contributed by atoms with Gasteiger partial charge in [0.1, 0.15) is 11.5 Å². The molecule has 2 aromatic carbocycles. The van der Waals surface area contributed by atoms with Crippen LogP contribution in [0.15, 0.2) is 83.5 Å². The van der Waals surface area contributed by atoms with Crippen molar-refractivity contribution >= 4 is 22.8 Å². The molecule has 14 heteroatoms. The minimum absolute atomic E-state index is 0.0327. The lowest BCUT2D eigenvalue weighted by atomic mass is 9.87. The van der Waals surface area contributed by atoms with Gasteiger partial charge in [0.05, 0.1) is 16.6 Å². The smallest absolute Gasteiger partial charge is 0.435 e. The van der Waals surface area contributed by atoms with Crippen LogP contribution in [0.2, 0.25) is 0 Å². The number of benzene rings is 2. The molecule has 0 unspecified atom stereocenters. The highest BCUT2D eigenvalue weighted by molar-refractivity contribution is 6.11. The molecule has 9 nitrogen and oxygen atoms in total. The van der Waals surface area contributed by atoms with E-state index in [-0.39, 0.29) is 51.4 Å². The third-order valence-corrected chi connectivity index (χ3v) is 7.83. The number of ketones is 1. The van der Waals surface area contributed by atoms with Crippen molar-refractivity contribution in [3.05, 3.63) is 102 Å². The first-order valence-electron chi connectivity index (χ1n) is 15.4. The summed E-state index contributed by atoms with van der Waals surface area (Å²) in [6.07, 6.45) is -1.95. The van der Waals surface area contributed by atoms with Crippen molar-refractivity contribution in [3.8, 4) is 34.0 Å². The normalized spacial score (nSPS) is 12.4. The van der Waals surface area contributed by atoms with Crippen molar-refractivity contribution in [3.63, 3.8) is 0 Å². The van der Waals surface area contributed by atoms with E-state index in [1.807, 2.05) is 20.8 Å². The monoisotopic (exact) mass is 690 g/mol. The summed E-state index contributed by atoms with van der Waals surface area (Å²) in [5, 5.41) is 10.5. The highest BCUT2D eigenvalue weighted by atomic mass is 19.4. The summed E-state index contributed by atoms with van der Waals surface area (Å²) in [5.74, 6) is -3.70. The number of carbonyl (C=O) groups excluding carboxylic acids is 2. The molecule has 6 rings (SSSR count). The molecule has 0 saturated heterocycles. The highest BCUT2D eigenvalue weighted by Crippen LogP contribution is 2.39. The molecule has 6 aromatic rings. The molecule has 0 fully saturated rings. The van der Waals surface area contributed by atoms with Crippen LogP contribution in [0.4, 0.5) is 22.0 Å². The molecule has 50 heavy (non-hydrogen) atoms. The Morgan fingerprint density at radius 2 is 1.48 bits per heavy atom. The summed E-state index contributed by atoms with van der Waals surface area (Å²) in [7, 11) is 1.43. The summed E-state index contributed by atoms with van der Waals surface area (Å²) in [6.45, 7) is 6.56. The molecule has 0 aliphatic rings. The number of nitrogens with zero attached hydrogens (tertiary/aromatic N) is 5. The largest absolute Gasteiger partial charge is 0.437 e. The summed E-state index contributed by atoms with van der Waals surface area (Å²) < 4.78 is 76.7. The lowest BCUT2D eigenvalue weighted by molar-refractivity contribution is -0.141. The Labute approximate surface area is 282 Å². The van der Waals surface area contributed by atoms with E-state index in [9.17, 15) is 31.5 Å². The molecular formula is C36H31F5N6O3. The number of carbonyl (C=O) groups is 2. The van der Waals surface area contributed by atoms with E-state index in [4.69, 9.17) is 4.42 Å². The van der Waals surface area contributed by atoms with Gasteiger partial charge in [-0.15, -0.1) is 0 Å². The maximum absolute atomic E-state index is 13.8. The van der Waals surface area contributed by atoms with Crippen molar-refractivity contribution in [1.82, 2.24) is 29.9 Å². The topological polar surface area (TPSA) is 108 Å². The number of hydrogen-bond donors (Lipinski definition) is 1. The van der Waals surface area contributed by atoms with Crippen LogP contribution in [-0.2, 0) is 12.1 Å². The second-order valence-electron chi connectivity index (χ2n) is 13.1. The van der Waals surface area contributed by atoms with Crippen LogP contribution in [0.25, 0.3) is 45.1 Å². The summed E-state index contributed by atoms with van der Waals surface area (Å²) in [4.78, 5) is 31.1. The Bertz CT molecular complexity index is 2240.